The van der Waals surface area contributed by atoms with Crippen LogP contribution in [0.5, 0.6) is 23.0 Å². The maximum atomic E-state index is 13.3. The third kappa shape index (κ3) is 5.85. The lowest BCUT2D eigenvalue weighted by molar-refractivity contribution is 0.174. The topological polar surface area (TPSA) is 78.1 Å². The van der Waals surface area contributed by atoms with E-state index in [9.17, 15) is 9.18 Å². The number of amides is 2. The molecule has 0 spiro atoms. The Balaban J connectivity index is 1.50. The van der Waals surface area contributed by atoms with Crippen molar-refractivity contribution in [2.45, 2.75) is 18.9 Å². The summed E-state index contributed by atoms with van der Waals surface area (Å²) in [6.45, 7) is 0.197. The minimum Gasteiger partial charge on any atom is -0.497 e. The molecule has 0 aromatic heterocycles. The van der Waals surface area contributed by atoms with E-state index in [0.717, 1.165) is 11.1 Å². The summed E-state index contributed by atoms with van der Waals surface area (Å²) in [5.74, 6) is 2.21. The van der Waals surface area contributed by atoms with Crippen molar-refractivity contribution in [1.82, 2.24) is 5.32 Å². The van der Waals surface area contributed by atoms with Gasteiger partial charge in [-0.15, -0.1) is 0 Å². The maximum absolute atomic E-state index is 13.3. The quantitative estimate of drug-likeness (QED) is 0.525. The molecule has 0 saturated heterocycles. The Bertz CT molecular complexity index is 1100. The van der Waals surface area contributed by atoms with Crippen LogP contribution in [0.4, 0.5) is 14.9 Å². The Kier molecular flexibility index (Phi) is 6.83. The fraction of sp³-hybridized carbons (Fsp3) is 0.240. The molecular formula is C25H25FN2O5. The Hall–Kier alpha value is -3.94. The lowest BCUT2D eigenvalue weighted by Gasteiger charge is -2.20. The van der Waals surface area contributed by atoms with Crippen molar-refractivity contribution in [3.05, 3.63) is 77.6 Å². The summed E-state index contributed by atoms with van der Waals surface area (Å²) in [6.07, 6.45) is 1.06. The summed E-state index contributed by atoms with van der Waals surface area (Å²) < 4.78 is 34.7. The number of carbonyl (C=O) groups excluding carboxylic acids is 1. The highest BCUT2D eigenvalue weighted by Crippen LogP contribution is 2.33. The molecule has 3 aromatic carbocycles. The van der Waals surface area contributed by atoms with Gasteiger partial charge in [0.2, 0.25) is 6.79 Å². The Morgan fingerprint density at radius 2 is 1.55 bits per heavy atom. The molecule has 0 radical (unpaired) electrons. The number of halogens is 1. The normalized spacial score (nSPS) is 12.7. The van der Waals surface area contributed by atoms with Gasteiger partial charge in [0.15, 0.2) is 11.5 Å². The van der Waals surface area contributed by atoms with E-state index in [4.69, 9.17) is 18.9 Å². The second kappa shape index (κ2) is 10.1. The van der Waals surface area contributed by atoms with E-state index in [1.807, 2.05) is 18.2 Å². The zero-order chi connectivity index (χ0) is 23.2. The molecule has 172 valence electrons. The van der Waals surface area contributed by atoms with Gasteiger partial charge in [0.05, 0.1) is 14.2 Å². The van der Waals surface area contributed by atoms with E-state index in [0.29, 0.717) is 41.5 Å². The molecule has 0 saturated carbocycles. The van der Waals surface area contributed by atoms with E-state index < -0.39 is 0 Å². The van der Waals surface area contributed by atoms with Gasteiger partial charge in [-0.2, -0.15) is 0 Å². The zero-order valence-corrected chi connectivity index (χ0v) is 18.4. The van der Waals surface area contributed by atoms with Gasteiger partial charge >= 0.3 is 6.03 Å². The van der Waals surface area contributed by atoms with Crippen molar-refractivity contribution in [3.8, 4) is 23.0 Å². The molecule has 0 bridgehead atoms. The van der Waals surface area contributed by atoms with Crippen LogP contribution in [0, 0.1) is 5.82 Å². The average Bonchev–Trinajstić information content (AvgIpc) is 3.28. The summed E-state index contributed by atoms with van der Waals surface area (Å²) in [5, 5.41) is 5.85. The highest BCUT2D eigenvalue weighted by molar-refractivity contribution is 5.90. The molecule has 0 unspecified atom stereocenters. The fourth-order valence-electron chi connectivity index (χ4n) is 3.66. The molecule has 7 nitrogen and oxygen atoms in total. The first kappa shape index (κ1) is 22.3. The number of carbonyl (C=O) groups is 1. The van der Waals surface area contributed by atoms with Gasteiger partial charge in [-0.25, -0.2) is 9.18 Å². The van der Waals surface area contributed by atoms with Crippen molar-refractivity contribution in [1.29, 1.82) is 0 Å². The molecule has 0 fully saturated rings. The molecule has 1 aliphatic rings. The first-order chi connectivity index (χ1) is 16.0. The van der Waals surface area contributed by atoms with Crippen molar-refractivity contribution >= 4 is 11.7 Å². The second-order valence-electron chi connectivity index (χ2n) is 7.62. The Labute approximate surface area is 191 Å². The Morgan fingerprint density at radius 1 is 0.909 bits per heavy atom. The van der Waals surface area contributed by atoms with Gasteiger partial charge in [0.25, 0.3) is 0 Å². The Morgan fingerprint density at radius 3 is 2.24 bits per heavy atom. The highest BCUT2D eigenvalue weighted by atomic mass is 19.1. The number of ether oxygens (including phenoxy) is 4. The first-order valence-electron chi connectivity index (χ1n) is 10.5. The molecule has 1 heterocycles. The summed E-state index contributed by atoms with van der Waals surface area (Å²) in [6, 6.07) is 16.5. The number of anilines is 1. The maximum Gasteiger partial charge on any atom is 0.319 e. The molecule has 3 aromatic rings. The van der Waals surface area contributed by atoms with E-state index in [2.05, 4.69) is 10.6 Å². The molecule has 1 aliphatic heterocycles. The molecule has 2 amide bonds. The minimum absolute atomic E-state index is 0.197. The number of fused-ring (bicyclic) bond motifs is 1. The number of benzene rings is 3. The second-order valence-corrected chi connectivity index (χ2v) is 7.62. The van der Waals surface area contributed by atoms with Gasteiger partial charge in [-0.1, -0.05) is 18.2 Å². The van der Waals surface area contributed by atoms with Crippen molar-refractivity contribution in [2.24, 2.45) is 0 Å². The van der Waals surface area contributed by atoms with Crippen LogP contribution in [-0.2, 0) is 12.8 Å². The van der Waals surface area contributed by atoms with Crippen LogP contribution in [0.2, 0.25) is 0 Å². The number of methoxy groups -OCH3 is 2. The monoisotopic (exact) mass is 452 g/mol. The zero-order valence-electron chi connectivity index (χ0n) is 18.4. The van der Waals surface area contributed by atoms with Crippen LogP contribution in [-0.4, -0.2) is 33.1 Å². The van der Waals surface area contributed by atoms with Crippen molar-refractivity contribution in [3.63, 3.8) is 0 Å². The molecule has 2 N–H and O–H groups in total. The van der Waals surface area contributed by atoms with Crippen LogP contribution in [0.3, 0.4) is 0 Å². The number of hydrogen-bond donors (Lipinski definition) is 2. The number of nitrogens with one attached hydrogen (secondary N) is 2. The van der Waals surface area contributed by atoms with Gasteiger partial charge in [-0.05, 0) is 48.2 Å². The minimum atomic E-state index is -0.377. The molecule has 1 atom stereocenters. The SMILES string of the molecule is COc1cc(NC(=O)N[C@@H](Cc2ccc(F)cc2)Cc2ccc3c(c2)OCO3)cc(OC)c1. The smallest absolute Gasteiger partial charge is 0.319 e. The summed E-state index contributed by atoms with van der Waals surface area (Å²) >= 11 is 0. The van der Waals surface area contributed by atoms with Crippen LogP contribution in [0.1, 0.15) is 11.1 Å². The number of rotatable bonds is 8. The molecule has 8 heteroatoms. The number of urea groups is 1. The summed E-state index contributed by atoms with van der Waals surface area (Å²) in [4.78, 5) is 12.8. The van der Waals surface area contributed by atoms with E-state index in [1.54, 1.807) is 44.6 Å². The standard InChI is InChI=1S/C25H25FN2O5/c1-30-21-12-20(13-22(14-21)31-2)28-25(29)27-19(9-16-3-6-18(26)7-4-16)10-17-5-8-23-24(11-17)33-15-32-23/h3-8,11-14,19H,9-10,15H2,1-2H3,(H2,27,28,29)/t19-/m0/s1. The predicted octanol–water partition coefficient (Wildman–Crippen LogP) is 4.55. The van der Waals surface area contributed by atoms with Crippen LogP contribution >= 0.6 is 0 Å². The van der Waals surface area contributed by atoms with Crippen molar-refractivity contribution < 1.29 is 28.1 Å². The average molecular weight is 452 g/mol. The lowest BCUT2D eigenvalue weighted by Crippen LogP contribution is -2.40. The van der Waals surface area contributed by atoms with E-state index >= 15 is 0 Å². The fourth-order valence-corrected chi connectivity index (χ4v) is 3.66. The largest absolute Gasteiger partial charge is 0.497 e. The van der Waals surface area contributed by atoms with Crippen molar-refractivity contribution in [2.75, 3.05) is 26.3 Å². The molecule has 0 aliphatic carbocycles. The van der Waals surface area contributed by atoms with E-state index in [1.165, 1.54) is 12.1 Å². The summed E-state index contributed by atoms with van der Waals surface area (Å²) in [7, 11) is 3.09. The van der Waals surface area contributed by atoms with Gasteiger partial charge in [0.1, 0.15) is 17.3 Å². The van der Waals surface area contributed by atoms with Crippen LogP contribution < -0.4 is 29.6 Å². The predicted molar refractivity (Wildman–Crippen MR) is 122 cm³/mol. The first-order valence-corrected chi connectivity index (χ1v) is 10.5. The summed E-state index contributed by atoms with van der Waals surface area (Å²) in [5.41, 5.74) is 2.42. The molecule has 4 rings (SSSR count). The van der Waals surface area contributed by atoms with Gasteiger partial charge in [0, 0.05) is 29.9 Å². The van der Waals surface area contributed by atoms with Gasteiger partial charge < -0.3 is 29.6 Å². The number of hydrogen-bond acceptors (Lipinski definition) is 5. The highest BCUT2D eigenvalue weighted by Gasteiger charge is 2.18. The van der Waals surface area contributed by atoms with E-state index in [-0.39, 0.29) is 24.7 Å². The lowest BCUT2D eigenvalue weighted by atomic mass is 9.98. The molecular weight excluding hydrogens is 427 g/mol. The van der Waals surface area contributed by atoms with Crippen LogP contribution in [0.25, 0.3) is 0 Å². The third-order valence-corrected chi connectivity index (χ3v) is 5.26. The molecule has 33 heavy (non-hydrogen) atoms. The third-order valence-electron chi connectivity index (χ3n) is 5.26. The van der Waals surface area contributed by atoms with Crippen LogP contribution in [0.15, 0.2) is 60.7 Å². The van der Waals surface area contributed by atoms with Gasteiger partial charge in [-0.3, -0.25) is 0 Å².